The molecule has 0 fully saturated rings. The van der Waals surface area contributed by atoms with E-state index in [0.717, 1.165) is 16.1 Å². The van der Waals surface area contributed by atoms with Gasteiger partial charge in [-0.15, -0.1) is 0 Å². The summed E-state index contributed by atoms with van der Waals surface area (Å²) >= 11 is 6.01. The van der Waals surface area contributed by atoms with Gasteiger partial charge in [-0.1, -0.05) is 11.6 Å². The zero-order valence-electron chi connectivity index (χ0n) is 9.58. The summed E-state index contributed by atoms with van der Waals surface area (Å²) in [5, 5.41) is 9.43. The molecular weight excluding hydrogens is 228 g/mol. The Morgan fingerprint density at radius 1 is 1.44 bits per heavy atom. The van der Waals surface area contributed by atoms with Crippen LogP contribution in [-0.2, 0) is 4.79 Å². The number of carboxylic acids is 1. The van der Waals surface area contributed by atoms with Crippen molar-refractivity contribution in [2.24, 2.45) is 5.92 Å². The lowest BCUT2D eigenvalue weighted by Gasteiger charge is -2.11. The van der Waals surface area contributed by atoms with Crippen LogP contribution >= 0.6 is 11.6 Å². The smallest absolute Gasteiger partial charge is 0.309 e. The molecular formula is C12H15ClO3. The lowest BCUT2D eigenvalue weighted by Crippen LogP contribution is -2.17. The number of halogens is 1. The van der Waals surface area contributed by atoms with Gasteiger partial charge in [-0.3, -0.25) is 4.79 Å². The van der Waals surface area contributed by atoms with Gasteiger partial charge in [0, 0.05) is 5.02 Å². The minimum absolute atomic E-state index is 0.163. The highest BCUT2D eigenvalue weighted by Crippen LogP contribution is 2.26. The molecule has 0 aliphatic carbocycles. The molecule has 1 N–H and O–H groups in total. The normalized spacial score (nSPS) is 12.2. The Kier molecular flexibility index (Phi) is 4.19. The highest BCUT2D eigenvalue weighted by molar-refractivity contribution is 6.32. The van der Waals surface area contributed by atoms with Gasteiger partial charge in [0.2, 0.25) is 0 Å². The lowest BCUT2D eigenvalue weighted by atomic mass is 10.1. The largest absolute Gasteiger partial charge is 0.493 e. The van der Waals surface area contributed by atoms with E-state index >= 15 is 0 Å². The number of hydrogen-bond acceptors (Lipinski definition) is 2. The quantitative estimate of drug-likeness (QED) is 0.883. The van der Waals surface area contributed by atoms with Crippen LogP contribution in [0.5, 0.6) is 5.75 Å². The van der Waals surface area contributed by atoms with E-state index in [-0.39, 0.29) is 6.61 Å². The van der Waals surface area contributed by atoms with Gasteiger partial charge in [0.15, 0.2) is 0 Å². The molecule has 0 spiro atoms. The Hall–Kier alpha value is -1.22. The molecule has 3 nitrogen and oxygen atoms in total. The number of aryl methyl sites for hydroxylation is 2. The van der Waals surface area contributed by atoms with Crippen molar-refractivity contribution in [1.29, 1.82) is 0 Å². The third-order valence-corrected chi connectivity index (χ3v) is 2.93. The van der Waals surface area contributed by atoms with Crippen LogP contribution in [0.3, 0.4) is 0 Å². The van der Waals surface area contributed by atoms with Crippen LogP contribution in [0.15, 0.2) is 12.1 Å². The van der Waals surface area contributed by atoms with Gasteiger partial charge in [0.05, 0.1) is 5.92 Å². The number of ether oxygens (including phenoxy) is 1. The Labute approximate surface area is 100.0 Å². The van der Waals surface area contributed by atoms with E-state index in [9.17, 15) is 4.79 Å². The molecule has 1 aromatic carbocycles. The molecule has 0 bridgehead atoms. The molecule has 4 heteroatoms. The molecule has 16 heavy (non-hydrogen) atoms. The molecule has 0 aromatic heterocycles. The van der Waals surface area contributed by atoms with Gasteiger partial charge in [0.25, 0.3) is 0 Å². The third-order valence-electron chi connectivity index (χ3n) is 2.33. The van der Waals surface area contributed by atoms with Crippen LogP contribution in [0, 0.1) is 19.8 Å². The number of carbonyl (C=O) groups is 1. The fourth-order valence-corrected chi connectivity index (χ4v) is 1.39. The van der Waals surface area contributed by atoms with Gasteiger partial charge >= 0.3 is 5.97 Å². The van der Waals surface area contributed by atoms with Gasteiger partial charge in [-0.05, 0) is 44.0 Å². The minimum Gasteiger partial charge on any atom is -0.493 e. The van der Waals surface area contributed by atoms with Crippen molar-refractivity contribution >= 4 is 17.6 Å². The fraction of sp³-hybridized carbons (Fsp3) is 0.417. The van der Waals surface area contributed by atoms with Crippen molar-refractivity contribution in [2.45, 2.75) is 20.8 Å². The molecule has 0 saturated heterocycles. The zero-order valence-corrected chi connectivity index (χ0v) is 10.3. The van der Waals surface area contributed by atoms with Crippen molar-refractivity contribution in [3.63, 3.8) is 0 Å². The van der Waals surface area contributed by atoms with Crippen LogP contribution in [0.2, 0.25) is 5.02 Å². The van der Waals surface area contributed by atoms with E-state index < -0.39 is 11.9 Å². The predicted molar refractivity (Wildman–Crippen MR) is 63.2 cm³/mol. The van der Waals surface area contributed by atoms with E-state index in [0.29, 0.717) is 5.75 Å². The molecule has 1 atom stereocenters. The second-order valence-electron chi connectivity index (χ2n) is 3.92. The lowest BCUT2D eigenvalue weighted by molar-refractivity contribution is -0.142. The Balaban J connectivity index is 2.72. The first-order valence-corrected chi connectivity index (χ1v) is 5.42. The van der Waals surface area contributed by atoms with Gasteiger partial charge in [-0.2, -0.15) is 0 Å². The first-order valence-electron chi connectivity index (χ1n) is 5.04. The molecule has 0 radical (unpaired) electrons. The summed E-state index contributed by atoms with van der Waals surface area (Å²) in [4.78, 5) is 10.6. The molecule has 0 aliphatic rings. The Morgan fingerprint density at radius 2 is 1.94 bits per heavy atom. The highest BCUT2D eigenvalue weighted by Gasteiger charge is 2.12. The molecule has 1 unspecified atom stereocenters. The van der Waals surface area contributed by atoms with Gasteiger partial charge in [0.1, 0.15) is 12.4 Å². The van der Waals surface area contributed by atoms with Crippen LogP contribution in [0.25, 0.3) is 0 Å². The molecule has 0 heterocycles. The van der Waals surface area contributed by atoms with Crippen LogP contribution in [0.1, 0.15) is 18.1 Å². The number of rotatable bonds is 4. The van der Waals surface area contributed by atoms with Gasteiger partial charge < -0.3 is 9.84 Å². The molecule has 1 aromatic rings. The van der Waals surface area contributed by atoms with Crippen LogP contribution in [-0.4, -0.2) is 17.7 Å². The fourth-order valence-electron chi connectivity index (χ4n) is 1.28. The minimum atomic E-state index is -0.859. The molecule has 1 rings (SSSR count). The summed E-state index contributed by atoms with van der Waals surface area (Å²) in [5.74, 6) is -0.716. The summed E-state index contributed by atoms with van der Waals surface area (Å²) < 4.78 is 5.41. The summed E-state index contributed by atoms with van der Waals surface area (Å²) in [6.07, 6.45) is 0. The number of carboxylic acid groups (broad SMARTS) is 1. The maximum atomic E-state index is 10.6. The van der Waals surface area contributed by atoms with Crippen molar-refractivity contribution in [3.05, 3.63) is 28.3 Å². The SMILES string of the molecule is Cc1cc(OCC(C)C(=O)O)cc(C)c1Cl. The monoisotopic (exact) mass is 242 g/mol. The third kappa shape index (κ3) is 3.14. The van der Waals surface area contributed by atoms with E-state index in [1.807, 2.05) is 26.0 Å². The first kappa shape index (κ1) is 12.8. The predicted octanol–water partition coefficient (Wildman–Crippen LogP) is 3.06. The second kappa shape index (κ2) is 5.21. The molecule has 0 amide bonds. The number of hydrogen-bond donors (Lipinski definition) is 1. The Bertz CT molecular complexity index is 378. The first-order chi connectivity index (χ1) is 7.41. The van der Waals surface area contributed by atoms with Gasteiger partial charge in [-0.25, -0.2) is 0 Å². The maximum Gasteiger partial charge on any atom is 0.309 e. The summed E-state index contributed by atoms with van der Waals surface area (Å²) in [5.41, 5.74) is 1.86. The van der Waals surface area contributed by atoms with Crippen molar-refractivity contribution in [2.75, 3.05) is 6.61 Å². The summed E-state index contributed by atoms with van der Waals surface area (Å²) in [7, 11) is 0. The molecule has 0 saturated carbocycles. The average molecular weight is 243 g/mol. The second-order valence-corrected chi connectivity index (χ2v) is 4.30. The van der Waals surface area contributed by atoms with Crippen molar-refractivity contribution < 1.29 is 14.6 Å². The van der Waals surface area contributed by atoms with E-state index in [2.05, 4.69) is 0 Å². The van der Waals surface area contributed by atoms with Crippen LogP contribution in [0.4, 0.5) is 0 Å². The molecule has 0 aliphatic heterocycles. The number of aliphatic carboxylic acids is 1. The highest BCUT2D eigenvalue weighted by atomic mass is 35.5. The van der Waals surface area contributed by atoms with Crippen molar-refractivity contribution in [1.82, 2.24) is 0 Å². The van der Waals surface area contributed by atoms with Crippen LogP contribution < -0.4 is 4.74 Å². The topological polar surface area (TPSA) is 46.5 Å². The Morgan fingerprint density at radius 3 is 2.38 bits per heavy atom. The van der Waals surface area contributed by atoms with E-state index in [1.54, 1.807) is 6.92 Å². The standard InChI is InChI=1S/C12H15ClO3/c1-7-4-10(5-8(2)11(7)13)16-6-9(3)12(14)15/h4-5,9H,6H2,1-3H3,(H,14,15). The maximum absolute atomic E-state index is 10.6. The van der Waals surface area contributed by atoms with E-state index in [1.165, 1.54) is 0 Å². The van der Waals surface area contributed by atoms with E-state index in [4.69, 9.17) is 21.4 Å². The average Bonchev–Trinajstić information content (AvgIpc) is 2.22. The zero-order chi connectivity index (χ0) is 12.3. The number of benzene rings is 1. The molecule has 88 valence electrons. The summed E-state index contributed by atoms with van der Waals surface area (Å²) in [6, 6.07) is 3.62. The van der Waals surface area contributed by atoms with Crippen molar-refractivity contribution in [3.8, 4) is 5.75 Å². The summed E-state index contributed by atoms with van der Waals surface area (Å²) in [6.45, 7) is 5.56.